The maximum Gasteiger partial charge on any atom is 0.269 e. The first-order valence-electron chi connectivity index (χ1n) is 8.69. The summed E-state index contributed by atoms with van der Waals surface area (Å²) >= 11 is 0. The number of tetrazole rings is 1. The van der Waals surface area contributed by atoms with Crippen LogP contribution in [0, 0.1) is 0 Å². The molecule has 0 aliphatic heterocycles. The summed E-state index contributed by atoms with van der Waals surface area (Å²) in [4.78, 5) is 25.1. The van der Waals surface area contributed by atoms with Gasteiger partial charge >= 0.3 is 0 Å². The topological polar surface area (TPSA) is 102 Å². The molecule has 2 amide bonds. The highest BCUT2D eigenvalue weighted by molar-refractivity contribution is 5.97. The van der Waals surface area contributed by atoms with Crippen molar-refractivity contribution in [1.29, 1.82) is 0 Å². The molecule has 3 aromatic rings. The van der Waals surface area contributed by atoms with Crippen LogP contribution in [0.3, 0.4) is 0 Å². The summed E-state index contributed by atoms with van der Waals surface area (Å²) in [5, 5.41) is 10.9. The molecule has 8 nitrogen and oxygen atoms in total. The predicted molar refractivity (Wildman–Crippen MR) is 96.7 cm³/mol. The zero-order valence-electron chi connectivity index (χ0n) is 14.5. The van der Waals surface area contributed by atoms with Gasteiger partial charge in [0.25, 0.3) is 5.91 Å². The zero-order valence-corrected chi connectivity index (χ0v) is 14.5. The van der Waals surface area contributed by atoms with Crippen LogP contribution in [0.4, 0.5) is 0 Å². The molecule has 8 heteroatoms. The summed E-state index contributed by atoms with van der Waals surface area (Å²) in [5.41, 5.74) is 6.68. The van der Waals surface area contributed by atoms with Crippen LogP contribution in [-0.4, -0.2) is 32.0 Å². The molecule has 0 atom stereocenters. The van der Waals surface area contributed by atoms with E-state index < -0.39 is 5.41 Å². The Kier molecular flexibility index (Phi) is 4.37. The van der Waals surface area contributed by atoms with Crippen LogP contribution < -0.4 is 10.9 Å². The van der Waals surface area contributed by atoms with Gasteiger partial charge in [-0.05, 0) is 53.1 Å². The molecule has 2 N–H and O–H groups in total. The third-order valence-corrected chi connectivity index (χ3v) is 5.00. The third-order valence-electron chi connectivity index (χ3n) is 5.00. The van der Waals surface area contributed by atoms with E-state index in [4.69, 9.17) is 0 Å². The van der Waals surface area contributed by atoms with Crippen molar-refractivity contribution in [3.63, 3.8) is 0 Å². The molecule has 4 rings (SSSR count). The minimum Gasteiger partial charge on any atom is -0.272 e. The molecule has 0 spiro atoms. The number of rotatable bonds is 4. The molecule has 1 saturated carbocycles. The van der Waals surface area contributed by atoms with Gasteiger partial charge in [-0.15, -0.1) is 5.10 Å². The fourth-order valence-corrected chi connectivity index (χ4v) is 3.28. The minimum atomic E-state index is -0.557. The second-order valence-corrected chi connectivity index (χ2v) is 6.51. The van der Waals surface area contributed by atoms with Gasteiger partial charge in [0.1, 0.15) is 6.33 Å². The lowest BCUT2D eigenvalue weighted by atomic mass is 9.64. The molecule has 0 bridgehead atoms. The molecule has 1 aliphatic carbocycles. The van der Waals surface area contributed by atoms with Crippen LogP contribution >= 0.6 is 0 Å². The summed E-state index contributed by atoms with van der Waals surface area (Å²) < 4.78 is 1.49. The number of aromatic nitrogens is 4. The number of carbonyl (C=O) groups excluding carboxylic acids is 2. The van der Waals surface area contributed by atoms with Gasteiger partial charge < -0.3 is 0 Å². The van der Waals surface area contributed by atoms with Crippen LogP contribution in [0.1, 0.15) is 35.2 Å². The van der Waals surface area contributed by atoms with E-state index in [1.54, 1.807) is 24.3 Å². The van der Waals surface area contributed by atoms with Crippen molar-refractivity contribution < 1.29 is 9.59 Å². The van der Waals surface area contributed by atoms with Crippen molar-refractivity contribution in [2.24, 2.45) is 0 Å². The van der Waals surface area contributed by atoms with E-state index in [9.17, 15) is 9.59 Å². The second kappa shape index (κ2) is 6.99. The van der Waals surface area contributed by atoms with Crippen molar-refractivity contribution in [1.82, 2.24) is 31.1 Å². The molecule has 1 aliphatic rings. The molecular formula is C19H18N6O2. The average molecular weight is 362 g/mol. The summed E-state index contributed by atoms with van der Waals surface area (Å²) in [6.45, 7) is 0. The van der Waals surface area contributed by atoms with Gasteiger partial charge in [0.15, 0.2) is 0 Å². The Bertz CT molecular complexity index is 934. The van der Waals surface area contributed by atoms with Crippen LogP contribution in [-0.2, 0) is 10.2 Å². The normalized spacial score (nSPS) is 14.8. The number of carbonyl (C=O) groups is 2. The highest BCUT2D eigenvalue weighted by Crippen LogP contribution is 2.43. The highest BCUT2D eigenvalue weighted by atomic mass is 16.2. The van der Waals surface area contributed by atoms with Crippen molar-refractivity contribution in [2.75, 3.05) is 0 Å². The van der Waals surface area contributed by atoms with Gasteiger partial charge in [-0.2, -0.15) is 0 Å². The first-order valence-corrected chi connectivity index (χ1v) is 8.69. The molecule has 136 valence electrons. The Balaban J connectivity index is 1.41. The average Bonchev–Trinajstić information content (AvgIpc) is 3.21. The molecule has 0 saturated heterocycles. The van der Waals surface area contributed by atoms with E-state index in [2.05, 4.69) is 26.4 Å². The van der Waals surface area contributed by atoms with Gasteiger partial charge in [-0.1, -0.05) is 36.8 Å². The molecule has 1 aromatic heterocycles. The van der Waals surface area contributed by atoms with Crippen LogP contribution in [0.2, 0.25) is 0 Å². The summed E-state index contributed by atoms with van der Waals surface area (Å²) in [7, 11) is 0. The zero-order chi connectivity index (χ0) is 18.7. The summed E-state index contributed by atoms with van der Waals surface area (Å²) in [5.74, 6) is -0.562. The number of nitrogens with one attached hydrogen (secondary N) is 2. The largest absolute Gasteiger partial charge is 0.272 e. The number of amides is 2. The fourth-order valence-electron chi connectivity index (χ4n) is 3.28. The smallest absolute Gasteiger partial charge is 0.269 e. The Morgan fingerprint density at radius 2 is 1.70 bits per heavy atom. The summed E-state index contributed by atoms with van der Waals surface area (Å²) in [6, 6.07) is 16.4. The monoisotopic (exact) mass is 362 g/mol. The second-order valence-electron chi connectivity index (χ2n) is 6.51. The van der Waals surface area contributed by atoms with E-state index in [1.807, 2.05) is 30.3 Å². The van der Waals surface area contributed by atoms with E-state index in [0.717, 1.165) is 30.5 Å². The number of benzene rings is 2. The van der Waals surface area contributed by atoms with Crippen molar-refractivity contribution in [3.05, 3.63) is 72.1 Å². The van der Waals surface area contributed by atoms with Crippen LogP contribution in [0.15, 0.2) is 60.9 Å². The van der Waals surface area contributed by atoms with E-state index in [-0.39, 0.29) is 11.8 Å². The van der Waals surface area contributed by atoms with E-state index in [1.165, 1.54) is 11.0 Å². The molecule has 0 radical (unpaired) electrons. The van der Waals surface area contributed by atoms with Crippen molar-refractivity contribution in [3.8, 4) is 5.69 Å². The molecule has 2 aromatic carbocycles. The SMILES string of the molecule is O=C(NNC(=O)C1(c2ccccc2)CCC1)c1ccc(-n2cnnn2)cc1. The van der Waals surface area contributed by atoms with Crippen molar-refractivity contribution >= 4 is 11.8 Å². The number of hydrogen-bond acceptors (Lipinski definition) is 5. The first-order chi connectivity index (χ1) is 13.2. The first kappa shape index (κ1) is 16.9. The number of hydrogen-bond donors (Lipinski definition) is 2. The maximum absolute atomic E-state index is 12.7. The molecule has 1 heterocycles. The third kappa shape index (κ3) is 3.17. The summed E-state index contributed by atoms with van der Waals surface area (Å²) in [6.07, 6.45) is 4.02. The molecule has 1 fully saturated rings. The van der Waals surface area contributed by atoms with E-state index in [0.29, 0.717) is 5.56 Å². The molecular weight excluding hydrogens is 344 g/mol. The van der Waals surface area contributed by atoms with Gasteiger partial charge in [-0.3, -0.25) is 20.4 Å². The quantitative estimate of drug-likeness (QED) is 0.686. The Morgan fingerprint density at radius 1 is 0.963 bits per heavy atom. The van der Waals surface area contributed by atoms with Gasteiger partial charge in [0.2, 0.25) is 5.91 Å². The minimum absolute atomic E-state index is 0.182. The lowest BCUT2D eigenvalue weighted by molar-refractivity contribution is -0.130. The molecule has 0 unspecified atom stereocenters. The fraction of sp³-hybridized carbons (Fsp3) is 0.211. The highest BCUT2D eigenvalue weighted by Gasteiger charge is 2.45. The van der Waals surface area contributed by atoms with Crippen LogP contribution in [0.5, 0.6) is 0 Å². The standard InChI is InChI=1S/C19H18N6O2/c26-17(14-7-9-16(10-8-14)25-13-20-23-24-25)21-22-18(27)19(11-4-12-19)15-5-2-1-3-6-15/h1-3,5-10,13H,4,11-12H2,(H,21,26)(H,22,27). The van der Waals surface area contributed by atoms with Crippen LogP contribution in [0.25, 0.3) is 5.69 Å². The number of nitrogens with zero attached hydrogens (tertiary/aromatic N) is 4. The van der Waals surface area contributed by atoms with Gasteiger partial charge in [0.05, 0.1) is 11.1 Å². The van der Waals surface area contributed by atoms with Gasteiger partial charge in [-0.25, -0.2) is 4.68 Å². The lowest BCUT2D eigenvalue weighted by Gasteiger charge is -2.40. The van der Waals surface area contributed by atoms with E-state index >= 15 is 0 Å². The Morgan fingerprint density at radius 3 is 2.30 bits per heavy atom. The Labute approximate surface area is 155 Å². The predicted octanol–water partition coefficient (Wildman–Crippen LogP) is 1.55. The maximum atomic E-state index is 12.7. The Hall–Kier alpha value is -3.55. The van der Waals surface area contributed by atoms with Crippen molar-refractivity contribution in [2.45, 2.75) is 24.7 Å². The lowest BCUT2D eigenvalue weighted by Crippen LogP contribution is -2.54. The number of hydrazine groups is 1. The molecule has 27 heavy (non-hydrogen) atoms. The van der Waals surface area contributed by atoms with Gasteiger partial charge in [0, 0.05) is 5.56 Å².